The largest absolute Gasteiger partial charge is 0.481 e. The number of hydrogen-bond donors (Lipinski definition) is 1. The Morgan fingerprint density at radius 3 is 2.00 bits per heavy atom. The van der Waals surface area contributed by atoms with Gasteiger partial charge in [-0.15, -0.1) is 0 Å². The molecule has 122 valence electrons. The van der Waals surface area contributed by atoms with Gasteiger partial charge in [-0.3, -0.25) is 9.59 Å². The molecule has 0 aliphatic heterocycles. The number of carbonyl (C=O) groups excluding carboxylic acids is 2. The Morgan fingerprint density at radius 1 is 1.14 bits per heavy atom. The van der Waals surface area contributed by atoms with E-state index in [4.69, 9.17) is 9.22 Å². The molecule has 7 nitrogen and oxygen atoms in total. The quantitative estimate of drug-likeness (QED) is 0.283. The Hall–Kier alpha value is -1.46. The smallest absolute Gasteiger partial charge is 0.333 e. The van der Waals surface area contributed by atoms with Crippen molar-refractivity contribution in [2.45, 2.75) is 32.9 Å². The molecule has 0 atom stereocenters. The zero-order valence-corrected chi connectivity index (χ0v) is 16.2. The molecule has 0 aromatic rings. The number of aliphatic carboxylic acids is 1. The highest BCUT2D eigenvalue weighted by molar-refractivity contribution is 6.52. The minimum absolute atomic E-state index is 0.0650. The standard InChI is InChI=1S/C10H14O6.C2H10OSi2/c1-7(2)10(14)16-6-5-15-9(13)4-3-8(11)12;1-5(2)3-4/h1,3-6H2,2H3,(H,11,12);5H,1-2,4H3. The molecule has 0 heterocycles. The van der Waals surface area contributed by atoms with Gasteiger partial charge in [-0.25, -0.2) is 4.79 Å². The predicted octanol–water partition coefficient (Wildman–Crippen LogP) is -0.220. The lowest BCUT2D eigenvalue weighted by Gasteiger charge is -2.05. The van der Waals surface area contributed by atoms with Crippen LogP contribution < -0.4 is 0 Å². The maximum atomic E-state index is 10.9. The molecule has 0 unspecified atom stereocenters. The second kappa shape index (κ2) is 13.5. The van der Waals surface area contributed by atoms with Crippen molar-refractivity contribution in [3.05, 3.63) is 12.2 Å². The first kappa shape index (κ1) is 21.8. The molecule has 0 aromatic carbocycles. The van der Waals surface area contributed by atoms with Gasteiger partial charge in [0.15, 0.2) is 9.04 Å². The molecule has 0 saturated carbocycles. The third kappa shape index (κ3) is 18.5. The van der Waals surface area contributed by atoms with Crippen molar-refractivity contribution in [1.29, 1.82) is 0 Å². The van der Waals surface area contributed by atoms with Gasteiger partial charge in [0, 0.05) is 5.57 Å². The van der Waals surface area contributed by atoms with Crippen LogP contribution in [0.15, 0.2) is 12.2 Å². The van der Waals surface area contributed by atoms with E-state index in [-0.39, 0.29) is 31.6 Å². The summed E-state index contributed by atoms with van der Waals surface area (Å²) in [5.41, 5.74) is 0.261. The van der Waals surface area contributed by atoms with E-state index in [0.29, 0.717) is 0 Å². The molecule has 21 heavy (non-hydrogen) atoms. The van der Waals surface area contributed by atoms with E-state index >= 15 is 0 Å². The van der Waals surface area contributed by atoms with Crippen LogP contribution in [-0.4, -0.2) is 55.8 Å². The summed E-state index contributed by atoms with van der Waals surface area (Å²) in [6.07, 6.45) is -0.464. The predicted molar refractivity (Wildman–Crippen MR) is 83.5 cm³/mol. The van der Waals surface area contributed by atoms with E-state index in [1.54, 1.807) is 0 Å². The zero-order valence-electron chi connectivity index (χ0n) is 13.0. The fourth-order valence-electron chi connectivity index (χ4n) is 0.694. The van der Waals surface area contributed by atoms with Gasteiger partial charge in [-0.05, 0) is 20.0 Å². The number of hydrogen-bond acceptors (Lipinski definition) is 6. The Morgan fingerprint density at radius 2 is 1.62 bits per heavy atom. The Balaban J connectivity index is 0. The molecule has 0 aliphatic carbocycles. The lowest BCUT2D eigenvalue weighted by atomic mass is 10.3. The summed E-state index contributed by atoms with van der Waals surface area (Å²) in [6.45, 7) is 9.07. The van der Waals surface area contributed by atoms with Crippen molar-refractivity contribution in [2.24, 2.45) is 0 Å². The van der Waals surface area contributed by atoms with Crippen LogP contribution >= 0.6 is 0 Å². The third-order valence-electron chi connectivity index (χ3n) is 1.94. The SMILES string of the molecule is C=C(C)C(=O)OCCOC(=O)CCC(=O)O.C[SiH](C)O[SiH3]. The lowest BCUT2D eigenvalue weighted by molar-refractivity contribution is -0.151. The van der Waals surface area contributed by atoms with Crippen molar-refractivity contribution in [1.82, 2.24) is 0 Å². The van der Waals surface area contributed by atoms with Gasteiger partial charge >= 0.3 is 17.9 Å². The van der Waals surface area contributed by atoms with Gasteiger partial charge < -0.3 is 18.7 Å². The second-order valence-corrected chi connectivity index (χ2v) is 8.30. The first-order valence-corrected chi connectivity index (χ1v) is 10.0. The zero-order chi connectivity index (χ0) is 16.8. The molecule has 0 fully saturated rings. The van der Waals surface area contributed by atoms with Gasteiger partial charge in [-0.2, -0.15) is 0 Å². The van der Waals surface area contributed by atoms with Gasteiger partial charge in [0.25, 0.3) is 0 Å². The molecule has 0 saturated heterocycles. The minimum Gasteiger partial charge on any atom is -0.481 e. The van der Waals surface area contributed by atoms with E-state index in [1.807, 2.05) is 0 Å². The van der Waals surface area contributed by atoms with E-state index < -0.39 is 26.9 Å². The number of carbonyl (C=O) groups is 3. The molecule has 9 heteroatoms. The normalized spacial score (nSPS) is 9.52. The van der Waals surface area contributed by atoms with Crippen molar-refractivity contribution in [3.63, 3.8) is 0 Å². The van der Waals surface area contributed by atoms with Crippen LogP contribution in [0.2, 0.25) is 13.1 Å². The third-order valence-corrected chi connectivity index (χ3v) is 5.71. The van der Waals surface area contributed by atoms with Gasteiger partial charge in [0.2, 0.25) is 0 Å². The Bertz CT molecular complexity index is 356. The molecule has 0 amide bonds. The highest BCUT2D eigenvalue weighted by atomic mass is 28.3. The number of esters is 2. The van der Waals surface area contributed by atoms with E-state index in [2.05, 4.69) is 29.1 Å². The van der Waals surface area contributed by atoms with Gasteiger partial charge in [0.05, 0.1) is 12.8 Å². The molecule has 0 rings (SSSR count). The summed E-state index contributed by atoms with van der Waals surface area (Å²) in [5.74, 6) is -2.25. The first-order valence-electron chi connectivity index (χ1n) is 6.43. The lowest BCUT2D eigenvalue weighted by Crippen LogP contribution is -2.14. The van der Waals surface area contributed by atoms with Crippen molar-refractivity contribution >= 4 is 37.4 Å². The fraction of sp³-hybridized carbons (Fsp3) is 0.583. The van der Waals surface area contributed by atoms with Crippen LogP contribution in [0.25, 0.3) is 0 Å². The average Bonchev–Trinajstić information content (AvgIpc) is 2.41. The molecule has 0 aliphatic rings. The maximum Gasteiger partial charge on any atom is 0.333 e. The van der Waals surface area contributed by atoms with Crippen LogP contribution in [0.3, 0.4) is 0 Å². The number of carboxylic acids is 1. The summed E-state index contributed by atoms with van der Waals surface area (Å²) < 4.78 is 14.3. The molecule has 0 aromatic heterocycles. The van der Waals surface area contributed by atoms with E-state index in [0.717, 1.165) is 10.5 Å². The highest BCUT2D eigenvalue weighted by Crippen LogP contribution is 1.95. The summed E-state index contributed by atoms with van der Waals surface area (Å²) in [5, 5.41) is 8.28. The van der Waals surface area contributed by atoms with Crippen LogP contribution in [0.4, 0.5) is 0 Å². The van der Waals surface area contributed by atoms with Crippen molar-refractivity contribution in [2.75, 3.05) is 13.2 Å². The highest BCUT2D eigenvalue weighted by Gasteiger charge is 2.07. The number of carboxylic acid groups (broad SMARTS) is 1. The van der Waals surface area contributed by atoms with Crippen LogP contribution in [0.5, 0.6) is 0 Å². The fourth-order valence-corrected chi connectivity index (χ4v) is 0.694. The summed E-state index contributed by atoms with van der Waals surface area (Å²) >= 11 is 0. The van der Waals surface area contributed by atoms with Gasteiger partial charge in [0.1, 0.15) is 23.7 Å². The molecule has 1 N–H and O–H groups in total. The van der Waals surface area contributed by atoms with E-state index in [9.17, 15) is 14.4 Å². The van der Waals surface area contributed by atoms with Crippen LogP contribution in [0, 0.1) is 0 Å². The molecular weight excluding hydrogens is 312 g/mol. The molecule has 0 radical (unpaired) electrons. The van der Waals surface area contributed by atoms with E-state index in [1.165, 1.54) is 6.92 Å². The Kier molecular flexibility index (Phi) is 14.1. The molecular formula is C12H24O7Si2. The molecule has 0 spiro atoms. The minimum atomic E-state index is -1.06. The second-order valence-electron chi connectivity index (χ2n) is 4.31. The monoisotopic (exact) mass is 336 g/mol. The first-order chi connectivity index (χ1) is 9.70. The van der Waals surface area contributed by atoms with Crippen LogP contribution in [-0.2, 0) is 28.0 Å². The summed E-state index contributed by atoms with van der Waals surface area (Å²) in [4.78, 5) is 31.9. The van der Waals surface area contributed by atoms with Crippen LogP contribution in [0.1, 0.15) is 19.8 Å². The molecule has 0 bridgehead atoms. The summed E-state index contributed by atoms with van der Waals surface area (Å²) in [6, 6.07) is 0. The van der Waals surface area contributed by atoms with Gasteiger partial charge in [-0.1, -0.05) is 6.58 Å². The average molecular weight is 336 g/mol. The number of rotatable bonds is 8. The van der Waals surface area contributed by atoms with Crippen molar-refractivity contribution < 1.29 is 33.1 Å². The maximum absolute atomic E-state index is 10.9. The summed E-state index contributed by atoms with van der Waals surface area (Å²) in [7, 11) is 0.347. The topological polar surface area (TPSA) is 99.1 Å². The Labute approximate surface area is 129 Å². The van der Waals surface area contributed by atoms with Crippen molar-refractivity contribution in [3.8, 4) is 0 Å². The number of ether oxygens (including phenoxy) is 2.